The van der Waals surface area contributed by atoms with E-state index in [-0.39, 0.29) is 27.9 Å². The maximum absolute atomic E-state index is 14.3. The summed E-state index contributed by atoms with van der Waals surface area (Å²) >= 11 is 0. The van der Waals surface area contributed by atoms with E-state index in [1.165, 1.54) is 28.4 Å². The van der Waals surface area contributed by atoms with Gasteiger partial charge in [0.05, 0.1) is 28.4 Å². The highest BCUT2D eigenvalue weighted by atomic mass is 31.0. The molecule has 0 aromatic heterocycles. The molecule has 34 heavy (non-hydrogen) atoms. The molecular formula is C26H37O7P. The summed E-state index contributed by atoms with van der Waals surface area (Å²) in [6.45, 7) is 8.16. The zero-order valence-corrected chi connectivity index (χ0v) is 22.4. The standard InChI is InChI=1S/C26H35O6P.H2O/c1-16(15-25(2,3)4)26(33,23(27)21-17(29-5)11-9-12-18(21)30-6)24(28)22-19(31-7)13-10-14-20(22)32-8;/h9-14,16H,15,33H2,1-8H3;1H2. The highest BCUT2D eigenvalue weighted by Gasteiger charge is 2.50. The molecule has 0 bridgehead atoms. The predicted octanol–water partition coefficient (Wildman–Crippen LogP) is 4.65. The van der Waals surface area contributed by atoms with Crippen molar-refractivity contribution in [3.8, 4) is 23.0 Å². The van der Waals surface area contributed by atoms with E-state index in [2.05, 4.69) is 30.0 Å². The molecule has 2 aromatic carbocycles. The number of hydrogen-bond acceptors (Lipinski definition) is 6. The van der Waals surface area contributed by atoms with E-state index in [1.807, 2.05) is 6.92 Å². The second-order valence-electron chi connectivity index (χ2n) is 9.27. The lowest BCUT2D eigenvalue weighted by Gasteiger charge is -2.37. The Bertz CT molecular complexity index is 899. The maximum atomic E-state index is 14.3. The lowest BCUT2D eigenvalue weighted by molar-refractivity contribution is 0.0769. The summed E-state index contributed by atoms with van der Waals surface area (Å²) in [5.74, 6) is 0.199. The Kier molecular flexibility index (Phi) is 10.1. The first-order valence-corrected chi connectivity index (χ1v) is 11.3. The van der Waals surface area contributed by atoms with Gasteiger partial charge in [0.2, 0.25) is 0 Å². The highest BCUT2D eigenvalue weighted by Crippen LogP contribution is 2.46. The molecular weight excluding hydrogens is 455 g/mol. The Morgan fingerprint density at radius 3 is 1.29 bits per heavy atom. The fraction of sp³-hybridized carbons (Fsp3) is 0.462. The second-order valence-corrected chi connectivity index (χ2v) is 10.2. The number of benzene rings is 2. The Hall–Kier alpha value is -2.63. The molecule has 2 N–H and O–H groups in total. The SMILES string of the molecule is COc1cccc(OC)c1C(=O)C(P)(C(=O)c1c(OC)cccc1OC)C(C)CC(C)(C)C.O. The maximum Gasteiger partial charge on any atom is 0.188 e. The van der Waals surface area contributed by atoms with Gasteiger partial charge in [0.15, 0.2) is 11.6 Å². The average Bonchev–Trinajstić information content (AvgIpc) is 2.79. The number of rotatable bonds is 10. The van der Waals surface area contributed by atoms with Crippen LogP contribution in [0.25, 0.3) is 0 Å². The van der Waals surface area contributed by atoms with Gasteiger partial charge in [0.25, 0.3) is 0 Å². The van der Waals surface area contributed by atoms with Crippen LogP contribution in [0.5, 0.6) is 23.0 Å². The predicted molar refractivity (Wildman–Crippen MR) is 137 cm³/mol. The molecule has 2 unspecified atom stereocenters. The topological polar surface area (TPSA) is 103 Å². The Morgan fingerprint density at radius 1 is 0.765 bits per heavy atom. The van der Waals surface area contributed by atoms with E-state index in [0.29, 0.717) is 29.4 Å². The monoisotopic (exact) mass is 492 g/mol. The van der Waals surface area contributed by atoms with Crippen molar-refractivity contribution in [1.82, 2.24) is 0 Å². The van der Waals surface area contributed by atoms with Crippen LogP contribution in [0.3, 0.4) is 0 Å². The largest absolute Gasteiger partial charge is 0.496 e. The molecule has 0 saturated heterocycles. The Balaban J connectivity index is 0.00000578. The van der Waals surface area contributed by atoms with Crippen molar-refractivity contribution >= 4 is 20.8 Å². The van der Waals surface area contributed by atoms with Gasteiger partial charge in [-0.25, -0.2) is 0 Å². The normalized spacial score (nSPS) is 12.3. The molecule has 0 aliphatic rings. The molecule has 0 fully saturated rings. The van der Waals surface area contributed by atoms with Gasteiger partial charge < -0.3 is 24.4 Å². The summed E-state index contributed by atoms with van der Waals surface area (Å²) in [5, 5.41) is -1.53. The molecule has 0 spiro atoms. The fourth-order valence-electron chi connectivity index (χ4n) is 4.19. The van der Waals surface area contributed by atoms with Crippen molar-refractivity contribution in [2.75, 3.05) is 28.4 Å². The van der Waals surface area contributed by atoms with Crippen LogP contribution >= 0.6 is 9.24 Å². The van der Waals surface area contributed by atoms with Crippen LogP contribution in [0.1, 0.15) is 54.8 Å². The van der Waals surface area contributed by atoms with Crippen molar-refractivity contribution in [2.45, 2.75) is 39.3 Å². The van der Waals surface area contributed by atoms with E-state index in [4.69, 9.17) is 18.9 Å². The van der Waals surface area contributed by atoms with Crippen molar-refractivity contribution < 1.29 is 34.0 Å². The molecule has 188 valence electrons. The molecule has 0 radical (unpaired) electrons. The van der Waals surface area contributed by atoms with Gasteiger partial charge in [-0.2, -0.15) is 0 Å². The van der Waals surface area contributed by atoms with Gasteiger partial charge >= 0.3 is 0 Å². The molecule has 0 amide bonds. The van der Waals surface area contributed by atoms with Gasteiger partial charge in [0.1, 0.15) is 39.3 Å². The van der Waals surface area contributed by atoms with Crippen molar-refractivity contribution in [3.05, 3.63) is 47.5 Å². The van der Waals surface area contributed by atoms with E-state index in [9.17, 15) is 9.59 Å². The van der Waals surface area contributed by atoms with Crippen LogP contribution in [-0.2, 0) is 0 Å². The number of ketones is 2. The minimum atomic E-state index is -1.53. The van der Waals surface area contributed by atoms with Crippen LogP contribution in [0.4, 0.5) is 0 Å². The molecule has 7 nitrogen and oxygen atoms in total. The smallest absolute Gasteiger partial charge is 0.188 e. The van der Waals surface area contributed by atoms with E-state index in [1.54, 1.807) is 36.4 Å². The first kappa shape index (κ1) is 29.4. The van der Waals surface area contributed by atoms with E-state index < -0.39 is 16.7 Å². The number of carbonyl (C=O) groups excluding carboxylic acids is 2. The van der Waals surface area contributed by atoms with Crippen molar-refractivity contribution in [1.29, 1.82) is 0 Å². The zero-order chi connectivity index (χ0) is 25.0. The summed E-state index contributed by atoms with van der Waals surface area (Å²) in [6, 6.07) is 10.2. The minimum absolute atomic E-state index is 0. The van der Waals surface area contributed by atoms with Gasteiger partial charge in [-0.3, -0.25) is 9.59 Å². The molecule has 0 aliphatic carbocycles. The van der Waals surface area contributed by atoms with Gasteiger partial charge in [-0.1, -0.05) is 39.8 Å². The summed E-state index contributed by atoms with van der Waals surface area (Å²) in [4.78, 5) is 28.6. The molecule has 0 heterocycles. The quantitative estimate of drug-likeness (QED) is 0.272. The van der Waals surface area contributed by atoms with Crippen LogP contribution < -0.4 is 18.9 Å². The molecule has 0 aliphatic heterocycles. The van der Waals surface area contributed by atoms with Crippen molar-refractivity contribution in [3.63, 3.8) is 0 Å². The molecule has 8 heteroatoms. The summed E-state index contributed by atoms with van der Waals surface area (Å²) in [7, 11) is 8.51. The summed E-state index contributed by atoms with van der Waals surface area (Å²) in [6.07, 6.45) is 0.614. The average molecular weight is 493 g/mol. The molecule has 2 aromatic rings. The van der Waals surface area contributed by atoms with E-state index in [0.717, 1.165) is 0 Å². The molecule has 2 atom stereocenters. The van der Waals surface area contributed by atoms with Crippen LogP contribution in [-0.4, -0.2) is 50.6 Å². The molecule has 0 saturated carbocycles. The van der Waals surface area contributed by atoms with E-state index >= 15 is 0 Å². The number of carbonyl (C=O) groups is 2. The van der Waals surface area contributed by atoms with Crippen LogP contribution in [0.15, 0.2) is 36.4 Å². The second kappa shape index (κ2) is 11.7. The van der Waals surface area contributed by atoms with Gasteiger partial charge in [-0.05, 0) is 42.0 Å². The zero-order valence-electron chi connectivity index (χ0n) is 21.3. The lowest BCUT2D eigenvalue weighted by atomic mass is 9.73. The lowest BCUT2D eigenvalue weighted by Crippen LogP contribution is -2.48. The minimum Gasteiger partial charge on any atom is -0.496 e. The van der Waals surface area contributed by atoms with Crippen LogP contribution in [0, 0.1) is 11.3 Å². The first-order valence-electron chi connectivity index (χ1n) is 10.8. The third-order valence-corrected chi connectivity index (χ3v) is 6.85. The first-order chi connectivity index (χ1) is 15.5. The number of Topliss-reactive ketones (excluding diaryl/α,β-unsaturated/α-hetero) is 2. The van der Waals surface area contributed by atoms with Crippen LogP contribution in [0.2, 0.25) is 0 Å². The highest BCUT2D eigenvalue weighted by molar-refractivity contribution is 7.23. The number of hydrogen-bond donors (Lipinski definition) is 0. The fourth-order valence-corrected chi connectivity index (χ4v) is 4.60. The number of methoxy groups -OCH3 is 4. The summed E-state index contributed by atoms with van der Waals surface area (Å²) < 4.78 is 22.0. The third-order valence-electron chi connectivity index (χ3n) is 5.76. The Morgan fingerprint density at radius 2 is 1.06 bits per heavy atom. The number of ether oxygens (including phenoxy) is 4. The van der Waals surface area contributed by atoms with Crippen molar-refractivity contribution in [2.24, 2.45) is 11.3 Å². The summed E-state index contributed by atoms with van der Waals surface area (Å²) in [5.41, 5.74) is 0.318. The van der Waals surface area contributed by atoms with Gasteiger partial charge in [0, 0.05) is 0 Å². The van der Waals surface area contributed by atoms with Gasteiger partial charge in [-0.15, -0.1) is 9.24 Å². The molecule has 2 rings (SSSR count). The third kappa shape index (κ3) is 5.70. The Labute approximate surface area is 204 Å².